The summed E-state index contributed by atoms with van der Waals surface area (Å²) >= 11 is 3.17. The molecular formula is C21H19BrN2O4S. The Bertz CT molecular complexity index is 1170. The monoisotopic (exact) mass is 474 g/mol. The number of benzene rings is 2. The Kier molecular flexibility index (Phi) is 5.23. The summed E-state index contributed by atoms with van der Waals surface area (Å²) in [4.78, 5) is 12.6. The van der Waals surface area contributed by atoms with Gasteiger partial charge in [0.25, 0.3) is 15.9 Å². The third-order valence-corrected chi connectivity index (χ3v) is 7.07. The van der Waals surface area contributed by atoms with E-state index in [0.717, 1.165) is 17.5 Å². The van der Waals surface area contributed by atoms with E-state index in [4.69, 9.17) is 4.42 Å². The highest BCUT2D eigenvalue weighted by Gasteiger charge is 2.29. The number of fused-ring (bicyclic) bond motifs is 1. The number of nitrogens with one attached hydrogen (secondary N) is 1. The van der Waals surface area contributed by atoms with Crippen LogP contribution < -0.4 is 9.62 Å². The minimum Gasteiger partial charge on any atom is -0.444 e. The summed E-state index contributed by atoms with van der Waals surface area (Å²) in [5.74, 6) is -0.172. The zero-order valence-electron chi connectivity index (χ0n) is 15.7. The van der Waals surface area contributed by atoms with E-state index in [0.29, 0.717) is 29.0 Å². The van der Waals surface area contributed by atoms with Crippen molar-refractivity contribution >= 4 is 43.2 Å². The van der Waals surface area contributed by atoms with Gasteiger partial charge in [0.15, 0.2) is 10.4 Å². The molecule has 1 aromatic heterocycles. The first-order valence-corrected chi connectivity index (χ1v) is 11.4. The minimum absolute atomic E-state index is 0.193. The number of furan rings is 1. The van der Waals surface area contributed by atoms with Crippen LogP contribution in [0.3, 0.4) is 0 Å². The van der Waals surface area contributed by atoms with Crippen LogP contribution in [0.2, 0.25) is 0 Å². The third kappa shape index (κ3) is 3.95. The van der Waals surface area contributed by atoms with Crippen molar-refractivity contribution in [2.75, 3.05) is 16.2 Å². The van der Waals surface area contributed by atoms with Crippen LogP contribution in [0, 0.1) is 6.92 Å². The second kappa shape index (κ2) is 7.68. The van der Waals surface area contributed by atoms with Gasteiger partial charge in [-0.3, -0.25) is 9.10 Å². The third-order valence-electron chi connectivity index (χ3n) is 4.82. The first-order chi connectivity index (χ1) is 13.8. The molecule has 2 heterocycles. The molecule has 2 aromatic carbocycles. The molecule has 0 fully saturated rings. The molecule has 6 nitrogen and oxygen atoms in total. The largest absolute Gasteiger partial charge is 0.444 e. The van der Waals surface area contributed by atoms with Crippen LogP contribution in [0.15, 0.2) is 68.6 Å². The molecule has 1 amide bonds. The molecule has 3 aromatic rings. The molecular weight excluding hydrogens is 456 g/mol. The normalized spacial score (nSPS) is 13.8. The Morgan fingerprint density at radius 2 is 1.86 bits per heavy atom. The summed E-state index contributed by atoms with van der Waals surface area (Å²) in [6.45, 7) is 2.35. The van der Waals surface area contributed by atoms with Crippen LogP contribution in [-0.2, 0) is 16.4 Å². The number of rotatable bonds is 4. The highest BCUT2D eigenvalue weighted by molar-refractivity contribution is 9.10. The molecule has 0 radical (unpaired) electrons. The summed E-state index contributed by atoms with van der Waals surface area (Å²) in [6, 6.07) is 15.4. The molecule has 0 spiro atoms. The lowest BCUT2D eigenvalue weighted by molar-refractivity contribution is 0.0995. The van der Waals surface area contributed by atoms with Crippen molar-refractivity contribution in [2.24, 2.45) is 0 Å². The quantitative estimate of drug-likeness (QED) is 0.591. The van der Waals surface area contributed by atoms with E-state index in [-0.39, 0.29) is 16.6 Å². The van der Waals surface area contributed by atoms with Crippen LogP contribution in [0.25, 0.3) is 0 Å². The Balaban J connectivity index is 1.61. The van der Waals surface area contributed by atoms with Gasteiger partial charge in [-0.25, -0.2) is 8.42 Å². The standard InChI is InChI=1S/C21H19BrN2O4S/c1-14-4-7-17(8-5-14)29(26,27)24-12-2-3-15-13-16(6-9-18(15)24)23-21(25)19-10-11-20(22)28-19/h4-11,13H,2-3,12H2,1H3,(H,23,25). The van der Waals surface area contributed by atoms with Crippen molar-refractivity contribution in [3.8, 4) is 0 Å². The molecule has 0 saturated heterocycles. The summed E-state index contributed by atoms with van der Waals surface area (Å²) in [6.07, 6.45) is 1.45. The number of sulfonamides is 1. The average molecular weight is 475 g/mol. The highest BCUT2D eigenvalue weighted by Crippen LogP contribution is 2.34. The molecule has 0 saturated carbocycles. The van der Waals surface area contributed by atoms with Gasteiger partial charge < -0.3 is 9.73 Å². The maximum absolute atomic E-state index is 13.2. The lowest BCUT2D eigenvalue weighted by Crippen LogP contribution is -2.35. The van der Waals surface area contributed by atoms with E-state index in [2.05, 4.69) is 21.2 Å². The first-order valence-electron chi connectivity index (χ1n) is 9.13. The first kappa shape index (κ1) is 19.7. The van der Waals surface area contributed by atoms with Crippen molar-refractivity contribution in [3.05, 3.63) is 76.2 Å². The molecule has 0 atom stereocenters. The molecule has 1 aliphatic rings. The predicted molar refractivity (Wildman–Crippen MR) is 115 cm³/mol. The number of nitrogens with zero attached hydrogens (tertiary/aromatic N) is 1. The molecule has 0 bridgehead atoms. The summed E-state index contributed by atoms with van der Waals surface area (Å²) < 4.78 is 33.5. The fraction of sp³-hybridized carbons (Fsp3) is 0.190. The number of aryl methyl sites for hydroxylation is 2. The van der Waals surface area contributed by atoms with Gasteiger partial charge in [0.2, 0.25) is 0 Å². The fourth-order valence-corrected chi connectivity index (χ4v) is 5.20. The van der Waals surface area contributed by atoms with Crippen LogP contribution in [0.4, 0.5) is 11.4 Å². The molecule has 1 aliphatic heterocycles. The molecule has 0 aliphatic carbocycles. The van der Waals surface area contributed by atoms with Crippen LogP contribution in [-0.4, -0.2) is 20.9 Å². The van der Waals surface area contributed by atoms with Crippen LogP contribution in [0.1, 0.15) is 28.1 Å². The molecule has 0 unspecified atom stereocenters. The molecule has 29 heavy (non-hydrogen) atoms. The van der Waals surface area contributed by atoms with Crippen molar-refractivity contribution < 1.29 is 17.6 Å². The van der Waals surface area contributed by atoms with Crippen molar-refractivity contribution in [1.82, 2.24) is 0 Å². The summed E-state index contributed by atoms with van der Waals surface area (Å²) in [7, 11) is -3.64. The second-order valence-corrected chi connectivity index (χ2v) is 9.54. The second-order valence-electron chi connectivity index (χ2n) is 6.90. The summed E-state index contributed by atoms with van der Waals surface area (Å²) in [5, 5.41) is 2.79. The SMILES string of the molecule is Cc1ccc(S(=O)(=O)N2CCCc3cc(NC(=O)c4ccc(Br)o4)ccc32)cc1. The van der Waals surface area contributed by atoms with Crippen molar-refractivity contribution in [3.63, 3.8) is 0 Å². The van der Waals surface area contributed by atoms with Gasteiger partial charge in [-0.15, -0.1) is 0 Å². The number of carbonyl (C=O) groups is 1. The van der Waals surface area contributed by atoms with Gasteiger partial charge in [-0.2, -0.15) is 0 Å². The van der Waals surface area contributed by atoms with Crippen molar-refractivity contribution in [1.29, 1.82) is 0 Å². The highest BCUT2D eigenvalue weighted by atomic mass is 79.9. The topological polar surface area (TPSA) is 79.6 Å². The zero-order chi connectivity index (χ0) is 20.6. The Hall–Kier alpha value is -2.58. The number of carbonyl (C=O) groups excluding carboxylic acids is 1. The number of anilines is 2. The van der Waals surface area contributed by atoms with Gasteiger partial charge in [0.05, 0.1) is 10.6 Å². The summed E-state index contributed by atoms with van der Waals surface area (Å²) in [5.41, 5.74) is 3.13. The lowest BCUT2D eigenvalue weighted by atomic mass is 10.0. The van der Waals surface area contributed by atoms with E-state index in [1.165, 1.54) is 4.31 Å². The van der Waals surface area contributed by atoms with Gasteiger partial charge in [0, 0.05) is 12.2 Å². The number of hydrogen-bond donors (Lipinski definition) is 1. The number of halogens is 1. The van der Waals surface area contributed by atoms with E-state index in [1.807, 2.05) is 13.0 Å². The Labute approximate surface area is 177 Å². The lowest BCUT2D eigenvalue weighted by Gasteiger charge is -2.31. The van der Waals surface area contributed by atoms with Gasteiger partial charge in [0.1, 0.15) is 0 Å². The van der Waals surface area contributed by atoms with Gasteiger partial charge in [-0.05, 0) is 83.7 Å². The van der Waals surface area contributed by atoms with E-state index < -0.39 is 10.0 Å². The molecule has 1 N–H and O–H groups in total. The van der Waals surface area contributed by atoms with Crippen LogP contribution >= 0.6 is 15.9 Å². The van der Waals surface area contributed by atoms with E-state index in [1.54, 1.807) is 48.5 Å². The Morgan fingerprint density at radius 1 is 1.10 bits per heavy atom. The van der Waals surface area contributed by atoms with E-state index in [9.17, 15) is 13.2 Å². The maximum Gasteiger partial charge on any atom is 0.291 e. The zero-order valence-corrected chi connectivity index (χ0v) is 18.1. The van der Waals surface area contributed by atoms with Crippen molar-refractivity contribution in [2.45, 2.75) is 24.7 Å². The number of amides is 1. The van der Waals surface area contributed by atoms with Gasteiger partial charge in [-0.1, -0.05) is 17.7 Å². The van der Waals surface area contributed by atoms with Crippen LogP contribution in [0.5, 0.6) is 0 Å². The van der Waals surface area contributed by atoms with E-state index >= 15 is 0 Å². The minimum atomic E-state index is -3.64. The number of hydrogen-bond acceptors (Lipinski definition) is 4. The average Bonchev–Trinajstić information content (AvgIpc) is 3.14. The Morgan fingerprint density at radius 3 is 2.55 bits per heavy atom. The maximum atomic E-state index is 13.2. The smallest absolute Gasteiger partial charge is 0.291 e. The predicted octanol–water partition coefficient (Wildman–Crippen LogP) is 4.74. The van der Waals surface area contributed by atoms with Gasteiger partial charge >= 0.3 is 0 Å². The molecule has 150 valence electrons. The molecule has 8 heteroatoms. The molecule has 4 rings (SSSR count). The fourth-order valence-electron chi connectivity index (χ4n) is 3.36.